The number of nitro groups is 1. The molecule has 0 fully saturated rings. The van der Waals surface area contributed by atoms with Crippen LogP contribution in [0.3, 0.4) is 0 Å². The number of benzene rings is 2. The van der Waals surface area contributed by atoms with Crippen molar-refractivity contribution in [2.45, 2.75) is 46.2 Å². The highest BCUT2D eigenvalue weighted by Gasteiger charge is 2.29. The lowest BCUT2D eigenvalue weighted by Crippen LogP contribution is -2.50. The van der Waals surface area contributed by atoms with Gasteiger partial charge in [0.1, 0.15) is 11.8 Å². The lowest BCUT2D eigenvalue weighted by molar-refractivity contribution is -0.385. The monoisotopic (exact) mass is 457 g/mol. The maximum absolute atomic E-state index is 13.2. The lowest BCUT2D eigenvalue weighted by atomic mass is 10.1. The van der Waals surface area contributed by atoms with Crippen molar-refractivity contribution < 1.29 is 24.0 Å². The van der Waals surface area contributed by atoms with E-state index in [-0.39, 0.29) is 42.2 Å². The molecule has 0 spiro atoms. The van der Waals surface area contributed by atoms with Gasteiger partial charge in [-0.15, -0.1) is 0 Å². The Morgan fingerprint density at radius 3 is 2.52 bits per heavy atom. The molecule has 178 valence electrons. The number of nitro benzene ring substituents is 1. The van der Waals surface area contributed by atoms with Crippen LogP contribution in [-0.2, 0) is 16.1 Å². The molecular formula is C24H31N3O6. The van der Waals surface area contributed by atoms with E-state index in [0.29, 0.717) is 13.0 Å². The molecule has 0 bridgehead atoms. The van der Waals surface area contributed by atoms with Crippen LogP contribution < -0.4 is 14.8 Å². The zero-order valence-corrected chi connectivity index (χ0v) is 19.5. The molecule has 0 aliphatic heterocycles. The maximum atomic E-state index is 13.2. The number of ether oxygens (including phenoxy) is 2. The predicted molar refractivity (Wildman–Crippen MR) is 124 cm³/mol. The quantitative estimate of drug-likeness (QED) is 0.385. The zero-order valence-electron chi connectivity index (χ0n) is 19.5. The van der Waals surface area contributed by atoms with Gasteiger partial charge in [-0.1, -0.05) is 38.1 Å². The minimum Gasteiger partial charge on any atom is -0.490 e. The van der Waals surface area contributed by atoms with E-state index in [2.05, 4.69) is 5.32 Å². The minimum absolute atomic E-state index is 0.0343. The molecular weight excluding hydrogens is 426 g/mol. The van der Waals surface area contributed by atoms with Crippen molar-refractivity contribution in [2.24, 2.45) is 0 Å². The van der Waals surface area contributed by atoms with Crippen molar-refractivity contribution in [1.82, 2.24) is 10.2 Å². The summed E-state index contributed by atoms with van der Waals surface area (Å²) < 4.78 is 10.7. The Morgan fingerprint density at radius 2 is 1.91 bits per heavy atom. The number of methoxy groups -OCH3 is 1. The number of carbonyl (C=O) groups excluding carboxylic acids is 2. The molecule has 9 heteroatoms. The van der Waals surface area contributed by atoms with E-state index in [1.165, 1.54) is 30.2 Å². The average molecular weight is 458 g/mol. The average Bonchev–Trinajstić information content (AvgIpc) is 2.81. The first-order valence-corrected chi connectivity index (χ1v) is 10.9. The Morgan fingerprint density at radius 1 is 1.18 bits per heavy atom. The summed E-state index contributed by atoms with van der Waals surface area (Å²) in [5.74, 6) is -0.287. The highest BCUT2D eigenvalue weighted by atomic mass is 16.6. The zero-order chi connectivity index (χ0) is 24.4. The number of hydrogen-bond acceptors (Lipinski definition) is 6. The van der Waals surface area contributed by atoms with Crippen molar-refractivity contribution in [2.75, 3.05) is 20.3 Å². The molecule has 0 aliphatic rings. The highest BCUT2D eigenvalue weighted by Crippen LogP contribution is 2.30. The largest absolute Gasteiger partial charge is 0.490 e. The maximum Gasteiger partial charge on any atom is 0.311 e. The SMILES string of the molecule is CCCNC(=O)C(CC)N(Cc1ccccc1C)C(=O)COc1ccc([N+](=O)[O-])c(OC)c1. The summed E-state index contributed by atoms with van der Waals surface area (Å²) in [6, 6.07) is 11.1. The topological polar surface area (TPSA) is 111 Å². The van der Waals surface area contributed by atoms with Gasteiger partial charge in [0.05, 0.1) is 12.0 Å². The van der Waals surface area contributed by atoms with Gasteiger partial charge in [0.25, 0.3) is 5.91 Å². The van der Waals surface area contributed by atoms with Crippen LogP contribution in [0.5, 0.6) is 11.5 Å². The van der Waals surface area contributed by atoms with E-state index in [1.54, 1.807) is 0 Å². The molecule has 1 N–H and O–H groups in total. The Kier molecular flexibility index (Phi) is 9.65. The summed E-state index contributed by atoms with van der Waals surface area (Å²) in [6.07, 6.45) is 1.23. The normalized spacial score (nSPS) is 11.4. The summed E-state index contributed by atoms with van der Waals surface area (Å²) in [6.45, 7) is 6.23. The van der Waals surface area contributed by atoms with Gasteiger partial charge in [0.2, 0.25) is 11.7 Å². The first kappa shape index (κ1) is 25.6. The van der Waals surface area contributed by atoms with Crippen molar-refractivity contribution >= 4 is 17.5 Å². The molecule has 0 heterocycles. The molecule has 2 amide bonds. The van der Waals surface area contributed by atoms with Gasteiger partial charge in [0.15, 0.2) is 6.61 Å². The van der Waals surface area contributed by atoms with Crippen LogP contribution in [0.1, 0.15) is 37.8 Å². The summed E-state index contributed by atoms with van der Waals surface area (Å²) >= 11 is 0. The fourth-order valence-electron chi connectivity index (χ4n) is 3.38. The lowest BCUT2D eigenvalue weighted by Gasteiger charge is -2.31. The molecule has 33 heavy (non-hydrogen) atoms. The van der Waals surface area contributed by atoms with Crippen LogP contribution in [0.25, 0.3) is 0 Å². The fourth-order valence-corrected chi connectivity index (χ4v) is 3.38. The van der Waals surface area contributed by atoms with Crippen molar-refractivity contribution in [1.29, 1.82) is 0 Å². The van der Waals surface area contributed by atoms with Crippen LogP contribution in [0, 0.1) is 17.0 Å². The van der Waals surface area contributed by atoms with E-state index in [1.807, 2.05) is 45.0 Å². The molecule has 0 aromatic heterocycles. The summed E-state index contributed by atoms with van der Waals surface area (Å²) in [4.78, 5) is 38.1. The summed E-state index contributed by atoms with van der Waals surface area (Å²) in [5, 5.41) is 14.0. The number of rotatable bonds is 12. The van der Waals surface area contributed by atoms with E-state index >= 15 is 0 Å². The van der Waals surface area contributed by atoms with Crippen molar-refractivity contribution in [3.63, 3.8) is 0 Å². The minimum atomic E-state index is -0.654. The first-order valence-electron chi connectivity index (χ1n) is 10.9. The number of nitrogens with one attached hydrogen (secondary N) is 1. The molecule has 0 aliphatic carbocycles. The van der Waals surface area contributed by atoms with Crippen LogP contribution in [0.15, 0.2) is 42.5 Å². The van der Waals surface area contributed by atoms with E-state index in [0.717, 1.165) is 17.5 Å². The first-order chi connectivity index (χ1) is 15.8. The summed E-state index contributed by atoms with van der Waals surface area (Å²) in [7, 11) is 1.32. The van der Waals surface area contributed by atoms with Gasteiger partial charge in [0, 0.05) is 25.2 Å². The molecule has 9 nitrogen and oxygen atoms in total. The number of aryl methyl sites for hydroxylation is 1. The van der Waals surface area contributed by atoms with E-state index < -0.39 is 11.0 Å². The van der Waals surface area contributed by atoms with Gasteiger partial charge in [-0.05, 0) is 37.0 Å². The fraction of sp³-hybridized carbons (Fsp3) is 0.417. The number of amides is 2. The number of carbonyl (C=O) groups is 2. The van der Waals surface area contributed by atoms with Crippen molar-refractivity contribution in [3.05, 3.63) is 63.7 Å². The molecule has 2 aromatic carbocycles. The van der Waals surface area contributed by atoms with Crippen molar-refractivity contribution in [3.8, 4) is 11.5 Å². The van der Waals surface area contributed by atoms with Gasteiger partial charge in [-0.2, -0.15) is 0 Å². The van der Waals surface area contributed by atoms with Crippen LogP contribution in [0.4, 0.5) is 5.69 Å². The molecule has 2 aromatic rings. The molecule has 1 atom stereocenters. The van der Waals surface area contributed by atoms with E-state index in [9.17, 15) is 19.7 Å². The second-order valence-corrected chi connectivity index (χ2v) is 7.54. The molecule has 1 unspecified atom stereocenters. The second-order valence-electron chi connectivity index (χ2n) is 7.54. The van der Waals surface area contributed by atoms with Gasteiger partial charge in [-0.3, -0.25) is 19.7 Å². The molecule has 0 radical (unpaired) electrons. The predicted octanol–water partition coefficient (Wildman–Crippen LogP) is 3.62. The highest BCUT2D eigenvalue weighted by molar-refractivity contribution is 5.88. The third-order valence-electron chi connectivity index (χ3n) is 5.25. The Bertz CT molecular complexity index is 978. The Labute approximate surface area is 193 Å². The molecule has 0 saturated carbocycles. The summed E-state index contributed by atoms with van der Waals surface area (Å²) in [5.41, 5.74) is 1.75. The van der Waals surface area contributed by atoms with Crippen LogP contribution >= 0.6 is 0 Å². The number of nitrogens with zero attached hydrogens (tertiary/aromatic N) is 2. The second kappa shape index (κ2) is 12.4. The number of hydrogen-bond donors (Lipinski definition) is 1. The van der Waals surface area contributed by atoms with Gasteiger partial charge < -0.3 is 19.7 Å². The standard InChI is InChI=1S/C24H31N3O6/c1-5-13-25-24(29)20(6-2)26(15-18-10-8-7-9-17(18)3)23(28)16-33-19-11-12-21(27(30)31)22(14-19)32-4/h7-12,14,20H,5-6,13,15-16H2,1-4H3,(H,25,29). The van der Waals surface area contributed by atoms with Crippen LogP contribution in [0.2, 0.25) is 0 Å². The molecule has 2 rings (SSSR count). The van der Waals surface area contributed by atoms with Gasteiger partial charge in [-0.25, -0.2) is 0 Å². The van der Waals surface area contributed by atoms with Crippen LogP contribution in [-0.4, -0.2) is 47.9 Å². The Balaban J connectivity index is 2.24. The third kappa shape index (κ3) is 6.93. The third-order valence-corrected chi connectivity index (χ3v) is 5.25. The van der Waals surface area contributed by atoms with Gasteiger partial charge >= 0.3 is 5.69 Å². The Hall–Kier alpha value is -3.62. The smallest absolute Gasteiger partial charge is 0.311 e. The van der Waals surface area contributed by atoms with E-state index in [4.69, 9.17) is 9.47 Å². The molecule has 0 saturated heterocycles.